The van der Waals surface area contributed by atoms with Crippen LogP contribution in [0, 0.1) is 11.3 Å². The second kappa shape index (κ2) is 4.94. The molecule has 0 aliphatic rings. The molecule has 5 heteroatoms. The summed E-state index contributed by atoms with van der Waals surface area (Å²) in [6, 6.07) is 4.65. The summed E-state index contributed by atoms with van der Waals surface area (Å²) in [6.07, 6.45) is 0.504. The van der Waals surface area contributed by atoms with E-state index in [0.717, 1.165) is 0 Å². The maximum Gasteiger partial charge on any atom is 0.343 e. The van der Waals surface area contributed by atoms with Crippen LogP contribution in [-0.4, -0.2) is 26.5 Å². The van der Waals surface area contributed by atoms with Gasteiger partial charge in [-0.05, 0) is 12.1 Å². The predicted octanol–water partition coefficient (Wildman–Crippen LogP) is 1.17. The van der Waals surface area contributed by atoms with Crippen molar-refractivity contribution in [3.63, 3.8) is 0 Å². The van der Waals surface area contributed by atoms with Gasteiger partial charge in [0.25, 0.3) is 0 Å². The molecule has 5 nitrogen and oxygen atoms in total. The summed E-state index contributed by atoms with van der Waals surface area (Å²) >= 11 is 0. The van der Waals surface area contributed by atoms with E-state index in [2.05, 4.69) is 4.74 Å². The zero-order chi connectivity index (χ0) is 12.1. The molecule has 0 spiro atoms. The predicted molar refractivity (Wildman–Crippen MR) is 54.4 cm³/mol. The van der Waals surface area contributed by atoms with Crippen LogP contribution in [0.1, 0.15) is 26.3 Å². The minimum atomic E-state index is -0.711. The fourth-order valence-corrected chi connectivity index (χ4v) is 1.29. The Morgan fingerprint density at radius 3 is 2.56 bits per heavy atom. The third kappa shape index (κ3) is 1.86. The molecule has 0 radical (unpaired) electrons. The maximum absolute atomic E-state index is 11.5. The smallest absolute Gasteiger partial charge is 0.343 e. The van der Waals surface area contributed by atoms with Crippen LogP contribution in [0.25, 0.3) is 0 Å². The number of ether oxygens (including phenoxy) is 2. The van der Waals surface area contributed by atoms with Crippen LogP contribution in [0.3, 0.4) is 0 Å². The Morgan fingerprint density at radius 1 is 1.44 bits per heavy atom. The van der Waals surface area contributed by atoms with Crippen LogP contribution in [0.15, 0.2) is 12.1 Å². The molecule has 16 heavy (non-hydrogen) atoms. The van der Waals surface area contributed by atoms with Crippen molar-refractivity contribution in [2.24, 2.45) is 0 Å². The first-order valence-electron chi connectivity index (χ1n) is 4.34. The number of hydrogen-bond donors (Lipinski definition) is 0. The molecule has 82 valence electrons. The van der Waals surface area contributed by atoms with E-state index < -0.39 is 5.97 Å². The lowest BCUT2D eigenvalue weighted by Gasteiger charge is -2.09. The normalized spacial score (nSPS) is 9.06. The molecule has 1 rings (SSSR count). The third-order valence-corrected chi connectivity index (χ3v) is 2.05. The van der Waals surface area contributed by atoms with E-state index in [9.17, 15) is 9.59 Å². The molecule has 0 amide bonds. The summed E-state index contributed by atoms with van der Waals surface area (Å²) in [7, 11) is 2.56. The first kappa shape index (κ1) is 11.7. The van der Waals surface area contributed by atoms with Crippen molar-refractivity contribution in [2.45, 2.75) is 0 Å². The van der Waals surface area contributed by atoms with Crippen molar-refractivity contribution >= 4 is 12.3 Å². The molecule has 0 bridgehead atoms. The van der Waals surface area contributed by atoms with E-state index in [1.165, 1.54) is 26.4 Å². The highest BCUT2D eigenvalue weighted by Crippen LogP contribution is 2.25. The molecule has 0 atom stereocenters. The summed E-state index contributed by atoms with van der Waals surface area (Å²) in [5.41, 5.74) is 0.0574. The Labute approximate surface area is 92.2 Å². The highest BCUT2D eigenvalue weighted by atomic mass is 16.5. The minimum absolute atomic E-state index is 0.0305. The van der Waals surface area contributed by atoms with Gasteiger partial charge in [-0.1, -0.05) is 0 Å². The van der Waals surface area contributed by atoms with E-state index in [1.54, 1.807) is 6.07 Å². The Balaban J connectivity index is 3.56. The number of methoxy groups -OCH3 is 2. The van der Waals surface area contributed by atoms with Gasteiger partial charge in [0, 0.05) is 5.56 Å². The van der Waals surface area contributed by atoms with Gasteiger partial charge in [0.05, 0.1) is 19.8 Å². The molecule has 0 aromatic heterocycles. The van der Waals surface area contributed by atoms with E-state index >= 15 is 0 Å². The summed E-state index contributed by atoms with van der Waals surface area (Å²) < 4.78 is 9.48. The average Bonchev–Trinajstić information content (AvgIpc) is 2.35. The fourth-order valence-electron chi connectivity index (χ4n) is 1.29. The highest BCUT2D eigenvalue weighted by Gasteiger charge is 2.20. The topological polar surface area (TPSA) is 76.4 Å². The summed E-state index contributed by atoms with van der Waals surface area (Å²) in [5.74, 6) is -0.508. The quantitative estimate of drug-likeness (QED) is 0.563. The largest absolute Gasteiger partial charge is 0.496 e. The number of nitrogens with zero attached hydrogens (tertiary/aromatic N) is 1. The first-order valence-corrected chi connectivity index (χ1v) is 4.34. The number of benzene rings is 1. The lowest BCUT2D eigenvalue weighted by Crippen LogP contribution is -2.08. The van der Waals surface area contributed by atoms with Crippen LogP contribution in [0.2, 0.25) is 0 Å². The third-order valence-electron chi connectivity index (χ3n) is 2.05. The van der Waals surface area contributed by atoms with Crippen molar-refractivity contribution in [1.82, 2.24) is 0 Å². The molecular formula is C11H9NO4. The van der Waals surface area contributed by atoms with Crippen molar-refractivity contribution < 1.29 is 19.1 Å². The van der Waals surface area contributed by atoms with Gasteiger partial charge < -0.3 is 9.47 Å². The zero-order valence-electron chi connectivity index (χ0n) is 8.81. The number of nitriles is 1. The molecule has 0 saturated heterocycles. The standard InChI is InChI=1S/C11H9NO4/c1-15-9-4-3-7(6-13)8(5-12)10(9)11(14)16-2/h3-4,6H,1-2H3. The molecule has 0 saturated carbocycles. The first-order chi connectivity index (χ1) is 7.69. The second-order valence-electron chi connectivity index (χ2n) is 2.83. The van der Waals surface area contributed by atoms with Gasteiger partial charge in [0.2, 0.25) is 0 Å². The lowest BCUT2D eigenvalue weighted by atomic mass is 10.0. The molecule has 0 N–H and O–H groups in total. The monoisotopic (exact) mass is 219 g/mol. The minimum Gasteiger partial charge on any atom is -0.496 e. The van der Waals surface area contributed by atoms with Crippen molar-refractivity contribution in [3.8, 4) is 11.8 Å². The molecule has 0 fully saturated rings. The van der Waals surface area contributed by atoms with Gasteiger partial charge in [-0.3, -0.25) is 4.79 Å². The van der Waals surface area contributed by atoms with Crippen molar-refractivity contribution in [2.75, 3.05) is 14.2 Å². The molecule has 1 aromatic carbocycles. The van der Waals surface area contributed by atoms with Gasteiger partial charge in [0.1, 0.15) is 17.4 Å². The van der Waals surface area contributed by atoms with E-state index in [4.69, 9.17) is 10.00 Å². The molecule has 0 unspecified atom stereocenters. The van der Waals surface area contributed by atoms with Crippen molar-refractivity contribution in [3.05, 3.63) is 28.8 Å². The summed E-state index contributed by atoms with van der Waals surface area (Å²) in [5, 5.41) is 8.92. The van der Waals surface area contributed by atoms with E-state index in [-0.39, 0.29) is 22.4 Å². The van der Waals surface area contributed by atoms with Crippen LogP contribution >= 0.6 is 0 Å². The molecule has 0 aliphatic heterocycles. The number of rotatable bonds is 3. The molecule has 0 heterocycles. The number of aldehydes is 1. The number of carbonyl (C=O) groups excluding carboxylic acids is 2. The molecular weight excluding hydrogens is 210 g/mol. The summed E-state index contributed by atoms with van der Waals surface area (Å²) in [6.45, 7) is 0. The van der Waals surface area contributed by atoms with Crippen LogP contribution < -0.4 is 4.74 Å². The number of esters is 1. The summed E-state index contributed by atoms with van der Waals surface area (Å²) in [4.78, 5) is 22.2. The number of carbonyl (C=O) groups is 2. The van der Waals surface area contributed by atoms with Gasteiger partial charge >= 0.3 is 5.97 Å². The van der Waals surface area contributed by atoms with Gasteiger partial charge in [-0.15, -0.1) is 0 Å². The Morgan fingerprint density at radius 2 is 2.12 bits per heavy atom. The van der Waals surface area contributed by atoms with Crippen molar-refractivity contribution in [1.29, 1.82) is 5.26 Å². The lowest BCUT2D eigenvalue weighted by molar-refractivity contribution is 0.0596. The van der Waals surface area contributed by atoms with Gasteiger partial charge in [-0.2, -0.15) is 5.26 Å². The maximum atomic E-state index is 11.5. The Kier molecular flexibility index (Phi) is 3.62. The molecule has 0 aliphatic carbocycles. The Hall–Kier alpha value is -2.35. The Bertz CT molecular complexity index is 474. The van der Waals surface area contributed by atoms with E-state index in [0.29, 0.717) is 6.29 Å². The number of hydrogen-bond acceptors (Lipinski definition) is 5. The van der Waals surface area contributed by atoms with Crippen LogP contribution in [-0.2, 0) is 4.74 Å². The van der Waals surface area contributed by atoms with Gasteiger partial charge in [0.15, 0.2) is 6.29 Å². The van der Waals surface area contributed by atoms with Crippen LogP contribution in [0.4, 0.5) is 0 Å². The van der Waals surface area contributed by atoms with Crippen LogP contribution in [0.5, 0.6) is 5.75 Å². The SMILES string of the molecule is COC(=O)c1c(OC)ccc(C=O)c1C#N. The average molecular weight is 219 g/mol. The fraction of sp³-hybridized carbons (Fsp3) is 0.182. The highest BCUT2D eigenvalue weighted by molar-refractivity contribution is 5.98. The molecule has 1 aromatic rings. The zero-order valence-corrected chi connectivity index (χ0v) is 8.81. The second-order valence-corrected chi connectivity index (χ2v) is 2.83. The van der Waals surface area contributed by atoms with Gasteiger partial charge in [-0.25, -0.2) is 4.79 Å². The van der Waals surface area contributed by atoms with E-state index in [1.807, 2.05) is 0 Å².